The quantitative estimate of drug-likeness (QED) is 0.586. The van der Waals surface area contributed by atoms with Gasteiger partial charge in [0.1, 0.15) is 5.69 Å². The van der Waals surface area contributed by atoms with Gasteiger partial charge in [-0.05, 0) is 12.8 Å². The van der Waals surface area contributed by atoms with Crippen LogP contribution >= 0.6 is 0 Å². The van der Waals surface area contributed by atoms with Crippen LogP contribution < -0.4 is 0 Å². The molecular weight excluding hydrogens is 312 g/mol. The van der Waals surface area contributed by atoms with E-state index in [1.54, 1.807) is 0 Å². The van der Waals surface area contributed by atoms with Crippen molar-refractivity contribution in [1.82, 2.24) is 15.2 Å². The van der Waals surface area contributed by atoms with E-state index in [0.29, 0.717) is 43.2 Å². The maximum Gasteiger partial charge on any atom is 0.235 e. The summed E-state index contributed by atoms with van der Waals surface area (Å²) in [6.45, 7) is 2.71. The van der Waals surface area contributed by atoms with Crippen molar-refractivity contribution in [2.75, 3.05) is 26.3 Å². The van der Waals surface area contributed by atoms with Crippen LogP contribution in [0.2, 0.25) is 0 Å². The Morgan fingerprint density at radius 1 is 1.21 bits per heavy atom. The van der Waals surface area contributed by atoms with E-state index in [2.05, 4.69) is 15.2 Å². The van der Waals surface area contributed by atoms with Crippen molar-refractivity contribution < 1.29 is 19.2 Å². The Kier molecular flexibility index (Phi) is 3.08. The summed E-state index contributed by atoms with van der Waals surface area (Å²) in [6, 6.07) is 0. The maximum absolute atomic E-state index is 13.5. The van der Waals surface area contributed by atoms with Gasteiger partial charge >= 0.3 is 0 Å². The molecule has 0 aromatic carbocycles. The monoisotopic (exact) mass is 334 g/mol. The summed E-state index contributed by atoms with van der Waals surface area (Å²) in [5.74, 6) is -0.199. The molecule has 3 heterocycles. The average Bonchev–Trinajstić information content (AvgIpc) is 3.18. The number of ether oxygens (including phenoxy) is 1. The number of hydrogen-bond acceptors (Lipinski definition) is 7. The van der Waals surface area contributed by atoms with Crippen molar-refractivity contribution in [3.05, 3.63) is 16.6 Å². The lowest BCUT2D eigenvalue weighted by atomic mass is 9.66. The fraction of sp³-hybridized carbons (Fsp3) is 0.812. The fourth-order valence-corrected chi connectivity index (χ4v) is 5.46. The number of morpholine rings is 1. The third-order valence-corrected chi connectivity index (χ3v) is 6.46. The Labute approximate surface area is 139 Å². The molecule has 1 aromatic heterocycles. The van der Waals surface area contributed by atoms with Crippen LogP contribution in [0.15, 0.2) is 4.63 Å². The molecule has 2 aliphatic carbocycles. The third-order valence-electron chi connectivity index (χ3n) is 6.46. The number of fused-ring (bicyclic) bond motifs is 5. The summed E-state index contributed by atoms with van der Waals surface area (Å²) in [7, 11) is 0. The van der Waals surface area contributed by atoms with E-state index in [1.807, 2.05) is 0 Å². The van der Waals surface area contributed by atoms with Gasteiger partial charge in [0, 0.05) is 32.4 Å². The van der Waals surface area contributed by atoms with Crippen molar-refractivity contribution in [1.29, 1.82) is 0 Å². The molecule has 1 aromatic rings. The van der Waals surface area contributed by atoms with Gasteiger partial charge in [0.05, 0.1) is 19.1 Å². The largest absolute Gasteiger partial charge is 0.622 e. The minimum atomic E-state index is -1.34. The van der Waals surface area contributed by atoms with Gasteiger partial charge < -0.3 is 15.1 Å². The van der Waals surface area contributed by atoms with Crippen LogP contribution in [0.25, 0.3) is 0 Å². The molecule has 2 fully saturated rings. The van der Waals surface area contributed by atoms with Gasteiger partial charge in [-0.3, -0.25) is 0 Å². The van der Waals surface area contributed by atoms with Gasteiger partial charge in [-0.1, -0.05) is 16.7 Å². The van der Waals surface area contributed by atoms with Gasteiger partial charge in [0.25, 0.3) is 0 Å². The Bertz CT molecular complexity index is 698. The van der Waals surface area contributed by atoms with Crippen molar-refractivity contribution in [3.8, 4) is 0 Å². The first kappa shape index (κ1) is 14.8. The summed E-state index contributed by atoms with van der Waals surface area (Å²) in [4.78, 5) is 2.24. The van der Waals surface area contributed by atoms with E-state index in [4.69, 9.17) is 9.37 Å². The van der Waals surface area contributed by atoms with Crippen LogP contribution in [-0.2, 0) is 16.8 Å². The van der Waals surface area contributed by atoms with Gasteiger partial charge in [-0.2, -0.15) is 4.74 Å². The molecule has 1 saturated heterocycles. The molecule has 130 valence electrons. The highest BCUT2D eigenvalue weighted by Gasteiger charge is 2.72. The molecule has 0 amide bonds. The molecule has 0 radical (unpaired) electrons. The van der Waals surface area contributed by atoms with Gasteiger partial charge in [-0.15, -0.1) is 0 Å². The van der Waals surface area contributed by atoms with Crippen molar-refractivity contribution >= 4 is 5.71 Å². The molecule has 24 heavy (non-hydrogen) atoms. The van der Waals surface area contributed by atoms with Crippen molar-refractivity contribution in [2.24, 2.45) is 5.92 Å². The minimum Gasteiger partial charge on any atom is -0.622 e. The van der Waals surface area contributed by atoms with Gasteiger partial charge in [0.15, 0.2) is 5.69 Å². The Hall–Kier alpha value is -1.51. The predicted octanol–water partition coefficient (Wildman–Crippen LogP) is 0.387. The first-order valence-corrected chi connectivity index (χ1v) is 8.90. The summed E-state index contributed by atoms with van der Waals surface area (Å²) >= 11 is 0. The molecule has 0 bridgehead atoms. The molecule has 8 heteroatoms. The molecule has 1 saturated carbocycles. The Morgan fingerprint density at radius 2 is 2.04 bits per heavy atom. The van der Waals surface area contributed by atoms with Gasteiger partial charge in [0.2, 0.25) is 17.0 Å². The first-order chi connectivity index (χ1) is 11.7. The predicted molar refractivity (Wildman–Crippen MR) is 82.2 cm³/mol. The van der Waals surface area contributed by atoms with Crippen LogP contribution in [0.5, 0.6) is 0 Å². The smallest absolute Gasteiger partial charge is 0.235 e. The van der Waals surface area contributed by atoms with Crippen LogP contribution in [0.4, 0.5) is 0 Å². The molecule has 2 aliphatic heterocycles. The van der Waals surface area contributed by atoms with E-state index < -0.39 is 11.3 Å². The van der Waals surface area contributed by atoms with Crippen LogP contribution in [0.3, 0.4) is 0 Å². The number of rotatable bonds is 1. The van der Waals surface area contributed by atoms with E-state index >= 15 is 0 Å². The zero-order valence-electron chi connectivity index (χ0n) is 13.6. The summed E-state index contributed by atoms with van der Waals surface area (Å²) < 4.78 is 11.5. The second kappa shape index (κ2) is 5.00. The number of hydrogen-bond donors (Lipinski definition) is 1. The number of aromatic nitrogens is 2. The third kappa shape index (κ3) is 1.61. The number of nitrogens with zero attached hydrogens (tertiary/aromatic N) is 4. The summed E-state index contributed by atoms with van der Waals surface area (Å²) in [5, 5.41) is 33.2. The molecule has 4 aliphatic rings. The minimum absolute atomic E-state index is 0.199. The number of aliphatic hydroxyl groups is 1. The SMILES string of the molecule is [O-][N+]1=C2CCc3nonc3[C@@]2(O)[C@@H]2CCCC[C@]21N1CCOCC1. The topological polar surface area (TPSA) is 97.7 Å². The van der Waals surface area contributed by atoms with Crippen LogP contribution in [-0.4, -0.2) is 62.7 Å². The van der Waals surface area contributed by atoms with E-state index in [1.165, 1.54) is 0 Å². The molecule has 5 rings (SSSR count). The Morgan fingerprint density at radius 3 is 2.88 bits per heavy atom. The molecule has 0 unspecified atom stereocenters. The first-order valence-electron chi connectivity index (χ1n) is 8.90. The Balaban J connectivity index is 1.69. The van der Waals surface area contributed by atoms with Crippen molar-refractivity contribution in [3.63, 3.8) is 0 Å². The van der Waals surface area contributed by atoms with E-state index in [9.17, 15) is 10.3 Å². The maximum atomic E-state index is 13.5. The van der Waals surface area contributed by atoms with E-state index in [0.717, 1.165) is 43.5 Å². The highest BCUT2D eigenvalue weighted by molar-refractivity contribution is 5.92. The number of hydroxylamine groups is 1. The van der Waals surface area contributed by atoms with E-state index in [-0.39, 0.29) is 5.92 Å². The lowest BCUT2D eigenvalue weighted by molar-refractivity contribution is -0.591. The lowest BCUT2D eigenvalue weighted by Gasteiger charge is -2.47. The normalized spacial score (nSPS) is 39.5. The van der Waals surface area contributed by atoms with Crippen molar-refractivity contribution in [2.45, 2.75) is 49.8 Å². The molecule has 8 nitrogen and oxygen atoms in total. The highest BCUT2D eigenvalue weighted by Crippen LogP contribution is 2.55. The lowest BCUT2D eigenvalue weighted by Crippen LogP contribution is -2.63. The zero-order chi connectivity index (χ0) is 16.4. The average molecular weight is 334 g/mol. The second-order valence-electron chi connectivity index (χ2n) is 7.34. The molecular formula is C16H22N4O4. The standard InChI is InChI=1S/C16H22N4O4/c21-16-12-3-1-2-6-15(12,19-7-9-23-10-8-19)20(22)13(16)5-4-11-14(16)18-24-17-11/h12,21H,1-10H2/t12-,15-,16-/m1/s1. The zero-order valence-corrected chi connectivity index (χ0v) is 13.6. The molecule has 3 atom stereocenters. The second-order valence-corrected chi connectivity index (χ2v) is 7.34. The highest BCUT2D eigenvalue weighted by atomic mass is 16.6. The summed E-state index contributed by atoms with van der Waals surface area (Å²) in [5.41, 5.74) is -0.325. The summed E-state index contributed by atoms with van der Waals surface area (Å²) in [6.07, 6.45) is 4.71. The number of aryl methyl sites for hydroxylation is 1. The van der Waals surface area contributed by atoms with Crippen LogP contribution in [0, 0.1) is 11.1 Å². The van der Waals surface area contributed by atoms with Gasteiger partial charge in [-0.25, -0.2) is 9.53 Å². The molecule has 0 spiro atoms. The fourth-order valence-electron chi connectivity index (χ4n) is 5.46. The molecule has 1 N–H and O–H groups in total. The van der Waals surface area contributed by atoms with Crippen LogP contribution in [0.1, 0.15) is 43.5 Å².